The summed E-state index contributed by atoms with van der Waals surface area (Å²) in [6.07, 6.45) is 0. The Morgan fingerprint density at radius 2 is 1.86 bits per heavy atom. The fraction of sp³-hybridized carbons (Fsp3) is 0.0833. The lowest BCUT2D eigenvalue weighted by atomic mass is 10.1. The SMILES string of the molecule is COc1ccc2nc(-n3c(C)nc4ccc(Nc5c(Br)cc(Br)cc5C(=O)O)cc4c3=O)sc2c1. The second kappa shape index (κ2) is 9.06. The number of carboxylic acid groups (broad SMARTS) is 1. The quantitative estimate of drug-likeness (QED) is 0.240. The third kappa shape index (κ3) is 4.30. The highest BCUT2D eigenvalue weighted by Gasteiger charge is 2.17. The van der Waals surface area contributed by atoms with Crippen LogP contribution in [0.1, 0.15) is 16.2 Å². The third-order valence-electron chi connectivity index (χ3n) is 5.37. The second-order valence-electron chi connectivity index (χ2n) is 7.60. The van der Waals surface area contributed by atoms with Gasteiger partial charge in [-0.25, -0.2) is 19.3 Å². The summed E-state index contributed by atoms with van der Waals surface area (Å²) in [5, 5.41) is 13.6. The molecular weight excluding hydrogens is 600 g/mol. The Morgan fingerprint density at radius 1 is 1.09 bits per heavy atom. The number of hydrogen-bond acceptors (Lipinski definition) is 7. The number of nitrogens with zero attached hydrogens (tertiary/aromatic N) is 3. The minimum absolute atomic E-state index is 0.0793. The molecule has 0 aliphatic heterocycles. The summed E-state index contributed by atoms with van der Waals surface area (Å²) >= 11 is 8.10. The normalized spacial score (nSPS) is 11.2. The number of thiazole rings is 1. The first-order chi connectivity index (χ1) is 16.7. The van der Waals surface area contributed by atoms with Crippen molar-refractivity contribution in [3.63, 3.8) is 0 Å². The predicted molar refractivity (Wildman–Crippen MR) is 144 cm³/mol. The van der Waals surface area contributed by atoms with Crippen LogP contribution in [0.15, 0.2) is 62.3 Å². The van der Waals surface area contributed by atoms with Gasteiger partial charge in [0.25, 0.3) is 5.56 Å². The fourth-order valence-electron chi connectivity index (χ4n) is 3.73. The van der Waals surface area contributed by atoms with Gasteiger partial charge in [0, 0.05) is 14.6 Å². The molecule has 0 atom stereocenters. The minimum atomic E-state index is -1.08. The second-order valence-corrected chi connectivity index (χ2v) is 10.4. The maximum absolute atomic E-state index is 13.6. The topological polar surface area (TPSA) is 106 Å². The van der Waals surface area contributed by atoms with E-state index >= 15 is 0 Å². The first-order valence-electron chi connectivity index (χ1n) is 10.2. The number of hydrogen-bond donors (Lipinski definition) is 2. The van der Waals surface area contributed by atoms with E-state index in [1.807, 2.05) is 18.2 Å². The summed E-state index contributed by atoms with van der Waals surface area (Å²) in [5.41, 5.74) is 2.03. The third-order valence-corrected chi connectivity index (χ3v) is 7.45. The van der Waals surface area contributed by atoms with Crippen molar-refractivity contribution in [1.29, 1.82) is 0 Å². The zero-order valence-corrected chi connectivity index (χ0v) is 22.3. The molecule has 2 heterocycles. The van der Waals surface area contributed by atoms with Gasteiger partial charge in [0.05, 0.1) is 39.5 Å². The van der Waals surface area contributed by atoms with Crippen LogP contribution in [0.4, 0.5) is 11.4 Å². The minimum Gasteiger partial charge on any atom is -0.497 e. The van der Waals surface area contributed by atoms with Gasteiger partial charge in [-0.3, -0.25) is 4.79 Å². The molecule has 0 radical (unpaired) electrons. The molecule has 3 aromatic carbocycles. The maximum atomic E-state index is 13.6. The number of nitrogens with one attached hydrogen (secondary N) is 1. The Kier molecular flexibility index (Phi) is 6.07. The summed E-state index contributed by atoms with van der Waals surface area (Å²) in [5.74, 6) is 0.143. The number of benzene rings is 3. The van der Waals surface area contributed by atoms with Crippen LogP contribution in [0.2, 0.25) is 0 Å². The molecule has 35 heavy (non-hydrogen) atoms. The Morgan fingerprint density at radius 3 is 2.60 bits per heavy atom. The van der Waals surface area contributed by atoms with Gasteiger partial charge in [-0.1, -0.05) is 27.3 Å². The van der Waals surface area contributed by atoms with Crippen LogP contribution < -0.4 is 15.6 Å². The Labute approximate surface area is 219 Å². The average Bonchev–Trinajstić information content (AvgIpc) is 3.23. The number of fused-ring (bicyclic) bond motifs is 2. The first kappa shape index (κ1) is 23.5. The van der Waals surface area contributed by atoms with Crippen molar-refractivity contribution in [2.75, 3.05) is 12.4 Å². The lowest BCUT2D eigenvalue weighted by molar-refractivity contribution is 0.0698. The molecular formula is C24H16Br2N4O4S. The smallest absolute Gasteiger partial charge is 0.337 e. The molecule has 0 saturated carbocycles. The van der Waals surface area contributed by atoms with Crippen LogP contribution >= 0.6 is 43.2 Å². The first-order valence-corrected chi connectivity index (χ1v) is 12.6. The zero-order chi connectivity index (χ0) is 24.9. The van der Waals surface area contributed by atoms with Gasteiger partial charge in [0.1, 0.15) is 11.6 Å². The van der Waals surface area contributed by atoms with Crippen LogP contribution in [0.25, 0.3) is 26.3 Å². The van der Waals surface area contributed by atoms with Crippen LogP contribution in [0.5, 0.6) is 5.75 Å². The van der Waals surface area contributed by atoms with E-state index in [2.05, 4.69) is 47.1 Å². The molecule has 2 aromatic heterocycles. The van der Waals surface area contributed by atoms with Crippen LogP contribution in [-0.2, 0) is 0 Å². The van der Waals surface area contributed by atoms with E-state index in [9.17, 15) is 14.7 Å². The molecule has 5 aromatic rings. The fourth-order valence-corrected chi connectivity index (χ4v) is 6.09. The molecule has 0 fully saturated rings. The number of anilines is 2. The molecule has 0 unspecified atom stereocenters. The van der Waals surface area contributed by atoms with E-state index < -0.39 is 5.97 Å². The van der Waals surface area contributed by atoms with Gasteiger partial charge in [0.15, 0.2) is 5.13 Å². The Bertz CT molecular complexity index is 1710. The molecule has 0 amide bonds. The Hall–Kier alpha value is -3.28. The van der Waals surface area contributed by atoms with Gasteiger partial charge >= 0.3 is 5.97 Å². The predicted octanol–water partition coefficient (Wildman–Crippen LogP) is 6.28. The van der Waals surface area contributed by atoms with Gasteiger partial charge in [-0.15, -0.1) is 0 Å². The van der Waals surface area contributed by atoms with Crippen molar-refractivity contribution in [2.24, 2.45) is 0 Å². The van der Waals surface area contributed by atoms with E-state index in [4.69, 9.17) is 4.74 Å². The molecule has 11 heteroatoms. The molecule has 8 nitrogen and oxygen atoms in total. The molecule has 0 bridgehead atoms. The van der Waals surface area contributed by atoms with Crippen LogP contribution in [0.3, 0.4) is 0 Å². The van der Waals surface area contributed by atoms with E-state index in [0.29, 0.717) is 47.9 Å². The summed E-state index contributed by atoms with van der Waals surface area (Å²) < 4.78 is 8.86. The van der Waals surface area contributed by atoms with Crippen LogP contribution in [0, 0.1) is 6.92 Å². The maximum Gasteiger partial charge on any atom is 0.337 e. The number of halogens is 2. The highest BCUT2D eigenvalue weighted by Crippen LogP contribution is 2.34. The monoisotopic (exact) mass is 614 g/mol. The van der Waals surface area contributed by atoms with E-state index in [-0.39, 0.29) is 11.1 Å². The molecule has 2 N–H and O–H groups in total. The van der Waals surface area contributed by atoms with Gasteiger partial charge < -0.3 is 15.2 Å². The Balaban J connectivity index is 1.63. The molecule has 0 spiro atoms. The number of methoxy groups -OCH3 is 1. The summed E-state index contributed by atoms with van der Waals surface area (Å²) in [7, 11) is 1.60. The van der Waals surface area contributed by atoms with Crippen molar-refractivity contribution >= 4 is 81.7 Å². The van der Waals surface area contributed by atoms with Crippen molar-refractivity contribution in [2.45, 2.75) is 6.92 Å². The number of aromatic nitrogens is 3. The standard InChI is InChI=1S/C24H16Br2N4O4S/c1-11-27-18-5-3-13(28-21-16(23(32)33)7-12(25)8-17(21)26)9-15(18)22(31)30(11)24-29-19-6-4-14(34-2)10-20(19)35-24/h3-10,28H,1-2H3,(H,32,33). The lowest BCUT2D eigenvalue weighted by Crippen LogP contribution is -2.22. The summed E-state index contributed by atoms with van der Waals surface area (Å²) in [6.45, 7) is 1.76. The lowest BCUT2D eigenvalue weighted by Gasteiger charge is -2.14. The summed E-state index contributed by atoms with van der Waals surface area (Å²) in [4.78, 5) is 34.6. The van der Waals surface area contributed by atoms with Crippen LogP contribution in [-0.4, -0.2) is 32.7 Å². The highest BCUT2D eigenvalue weighted by molar-refractivity contribution is 9.11. The van der Waals surface area contributed by atoms with E-state index in [1.54, 1.807) is 38.3 Å². The highest BCUT2D eigenvalue weighted by atomic mass is 79.9. The number of ether oxygens (including phenoxy) is 1. The van der Waals surface area contributed by atoms with Crippen molar-refractivity contribution in [3.05, 3.63) is 79.2 Å². The molecule has 176 valence electrons. The number of carbonyl (C=O) groups is 1. The van der Waals surface area contributed by atoms with E-state index in [0.717, 1.165) is 10.2 Å². The van der Waals surface area contributed by atoms with Gasteiger partial charge in [-0.2, -0.15) is 0 Å². The summed E-state index contributed by atoms with van der Waals surface area (Å²) in [6, 6.07) is 14.0. The average molecular weight is 616 g/mol. The molecule has 0 aliphatic carbocycles. The number of aryl methyl sites for hydroxylation is 1. The molecule has 0 aliphatic rings. The largest absolute Gasteiger partial charge is 0.497 e. The molecule has 5 rings (SSSR count). The van der Waals surface area contributed by atoms with Gasteiger partial charge in [0.2, 0.25) is 0 Å². The zero-order valence-electron chi connectivity index (χ0n) is 18.3. The van der Waals surface area contributed by atoms with Crippen molar-refractivity contribution < 1.29 is 14.6 Å². The van der Waals surface area contributed by atoms with Gasteiger partial charge in [-0.05, 0) is 71.4 Å². The van der Waals surface area contributed by atoms with Crippen molar-refractivity contribution in [1.82, 2.24) is 14.5 Å². The van der Waals surface area contributed by atoms with E-state index in [1.165, 1.54) is 22.0 Å². The molecule has 0 saturated heterocycles. The number of rotatable bonds is 5. The van der Waals surface area contributed by atoms with Crippen molar-refractivity contribution in [3.8, 4) is 10.9 Å². The number of carboxylic acids is 1. The number of aromatic carboxylic acids is 1.